The highest BCUT2D eigenvalue weighted by Gasteiger charge is 2.18. The zero-order valence-corrected chi connectivity index (χ0v) is 17.3. The fourth-order valence-corrected chi connectivity index (χ4v) is 3.54. The molecule has 1 N–H and O–H groups in total. The first kappa shape index (κ1) is 20.9. The van der Waals surface area contributed by atoms with Crippen molar-refractivity contribution in [3.63, 3.8) is 0 Å². The van der Waals surface area contributed by atoms with Crippen LogP contribution in [0.25, 0.3) is 0 Å². The van der Waals surface area contributed by atoms with Crippen LogP contribution < -0.4 is 10.1 Å². The van der Waals surface area contributed by atoms with Gasteiger partial charge in [-0.25, -0.2) is 4.39 Å². The summed E-state index contributed by atoms with van der Waals surface area (Å²) in [6, 6.07) is 15.6. The van der Waals surface area contributed by atoms with E-state index in [2.05, 4.69) is 15.5 Å². The monoisotopic (exact) mass is 414 g/mol. The number of hydrogen-bond acceptors (Lipinski definition) is 5. The van der Waals surface area contributed by atoms with Gasteiger partial charge in [0, 0.05) is 7.05 Å². The first-order valence-corrected chi connectivity index (χ1v) is 10.2. The molecule has 1 aromatic heterocycles. The summed E-state index contributed by atoms with van der Waals surface area (Å²) >= 11 is 1.31. The van der Waals surface area contributed by atoms with E-state index in [1.54, 1.807) is 16.7 Å². The van der Waals surface area contributed by atoms with Crippen LogP contribution in [0.3, 0.4) is 0 Å². The van der Waals surface area contributed by atoms with Crippen LogP contribution in [0.2, 0.25) is 0 Å². The van der Waals surface area contributed by atoms with E-state index in [4.69, 9.17) is 4.74 Å². The summed E-state index contributed by atoms with van der Waals surface area (Å²) in [6.07, 6.45) is -0.376. The van der Waals surface area contributed by atoms with Crippen LogP contribution in [-0.4, -0.2) is 26.4 Å². The van der Waals surface area contributed by atoms with Gasteiger partial charge in [0.1, 0.15) is 11.6 Å². The Hall–Kier alpha value is -2.87. The molecule has 0 bridgehead atoms. The molecule has 6 nitrogen and oxygen atoms in total. The molecular formula is C21H23FN4O2S. The number of nitrogens with one attached hydrogen (secondary N) is 1. The van der Waals surface area contributed by atoms with Gasteiger partial charge in [0.05, 0.1) is 11.8 Å². The fraction of sp³-hybridized carbons (Fsp3) is 0.286. The maximum absolute atomic E-state index is 13.0. The molecule has 0 aliphatic heterocycles. The van der Waals surface area contributed by atoms with Crippen molar-refractivity contribution < 1.29 is 13.9 Å². The first-order valence-electron chi connectivity index (χ1n) is 9.22. The van der Waals surface area contributed by atoms with Gasteiger partial charge in [0.15, 0.2) is 17.1 Å². The normalized spacial score (nSPS) is 13.0. The Labute approximate surface area is 173 Å². The second-order valence-corrected chi connectivity index (χ2v) is 7.54. The molecule has 0 aliphatic carbocycles. The lowest BCUT2D eigenvalue weighted by molar-refractivity contribution is -0.119. The van der Waals surface area contributed by atoms with E-state index in [-0.39, 0.29) is 29.6 Å². The van der Waals surface area contributed by atoms with Crippen molar-refractivity contribution in [3.05, 3.63) is 71.8 Å². The largest absolute Gasteiger partial charge is 0.483 e. The number of thioether (sulfide) groups is 1. The Morgan fingerprint density at radius 2 is 1.83 bits per heavy atom. The number of aromatic nitrogens is 3. The Kier molecular flexibility index (Phi) is 6.87. The minimum absolute atomic E-state index is 0.0662. The van der Waals surface area contributed by atoms with E-state index >= 15 is 0 Å². The third-order valence-corrected chi connectivity index (χ3v) is 5.39. The minimum atomic E-state index is -0.376. The van der Waals surface area contributed by atoms with Gasteiger partial charge in [-0.1, -0.05) is 42.1 Å². The molecule has 0 saturated heterocycles. The van der Waals surface area contributed by atoms with Gasteiger partial charge in [-0.2, -0.15) is 0 Å². The molecule has 0 radical (unpaired) electrons. The van der Waals surface area contributed by atoms with E-state index in [1.165, 1.54) is 23.9 Å². The third-order valence-electron chi connectivity index (χ3n) is 4.37. The molecule has 1 heterocycles. The number of ether oxygens (including phenoxy) is 1. The first-order chi connectivity index (χ1) is 13.9. The summed E-state index contributed by atoms with van der Waals surface area (Å²) in [7, 11) is 1.83. The average Bonchev–Trinajstić information content (AvgIpc) is 3.09. The van der Waals surface area contributed by atoms with Crippen LogP contribution in [0.1, 0.15) is 37.4 Å². The van der Waals surface area contributed by atoms with Gasteiger partial charge in [-0.15, -0.1) is 10.2 Å². The summed E-state index contributed by atoms with van der Waals surface area (Å²) in [5.74, 6) is 1.00. The van der Waals surface area contributed by atoms with Crippen molar-refractivity contribution in [2.75, 3.05) is 5.75 Å². The fourth-order valence-electron chi connectivity index (χ4n) is 2.81. The molecule has 3 aromatic rings. The molecule has 2 atom stereocenters. The standard InChI is InChI=1S/C21H23FN4O2S/c1-14(16-7-5-4-6-8-16)23-19(27)13-29-21-25-24-20(26(21)3)15(2)28-18-11-9-17(22)10-12-18/h4-12,14-15H,13H2,1-3H3,(H,23,27). The zero-order valence-electron chi connectivity index (χ0n) is 16.5. The molecule has 29 heavy (non-hydrogen) atoms. The number of hydrogen-bond donors (Lipinski definition) is 1. The van der Waals surface area contributed by atoms with Gasteiger partial charge >= 0.3 is 0 Å². The van der Waals surface area contributed by atoms with Gasteiger partial charge in [-0.3, -0.25) is 4.79 Å². The summed E-state index contributed by atoms with van der Waals surface area (Å²) in [4.78, 5) is 12.3. The lowest BCUT2D eigenvalue weighted by Crippen LogP contribution is -2.28. The van der Waals surface area contributed by atoms with Gasteiger partial charge < -0.3 is 14.6 Å². The predicted octanol–water partition coefficient (Wildman–Crippen LogP) is 4.06. The molecule has 0 aliphatic rings. The third kappa shape index (κ3) is 5.57. The molecule has 0 fully saturated rings. The zero-order chi connectivity index (χ0) is 20.8. The Morgan fingerprint density at radius 1 is 1.14 bits per heavy atom. The SMILES string of the molecule is CC(NC(=O)CSc1nnc(C(C)Oc2ccc(F)cc2)n1C)c1ccccc1. The van der Waals surface area contributed by atoms with Crippen molar-refractivity contribution in [1.29, 1.82) is 0 Å². The Balaban J connectivity index is 1.55. The molecule has 2 unspecified atom stereocenters. The molecule has 152 valence electrons. The van der Waals surface area contributed by atoms with E-state index in [1.807, 2.05) is 51.2 Å². The van der Waals surface area contributed by atoms with E-state index in [0.29, 0.717) is 16.7 Å². The van der Waals surface area contributed by atoms with Crippen LogP contribution in [0.15, 0.2) is 59.8 Å². The van der Waals surface area contributed by atoms with Crippen LogP contribution in [0.4, 0.5) is 4.39 Å². The number of halogens is 1. The number of amides is 1. The highest BCUT2D eigenvalue weighted by Crippen LogP contribution is 2.24. The quantitative estimate of drug-likeness (QED) is 0.563. The summed E-state index contributed by atoms with van der Waals surface area (Å²) in [6.45, 7) is 3.79. The highest BCUT2D eigenvalue weighted by atomic mass is 32.2. The summed E-state index contributed by atoms with van der Waals surface area (Å²) in [5.41, 5.74) is 1.05. The van der Waals surface area contributed by atoms with Gasteiger partial charge in [-0.05, 0) is 43.7 Å². The minimum Gasteiger partial charge on any atom is -0.483 e. The second kappa shape index (κ2) is 9.56. The molecule has 8 heteroatoms. The van der Waals surface area contributed by atoms with E-state index < -0.39 is 0 Å². The molecule has 0 spiro atoms. The smallest absolute Gasteiger partial charge is 0.230 e. The van der Waals surface area contributed by atoms with Crippen molar-refractivity contribution in [2.24, 2.45) is 7.05 Å². The predicted molar refractivity (Wildman–Crippen MR) is 110 cm³/mol. The van der Waals surface area contributed by atoms with Crippen molar-refractivity contribution in [3.8, 4) is 5.75 Å². The number of nitrogens with zero attached hydrogens (tertiary/aromatic N) is 3. The molecule has 3 rings (SSSR count). The van der Waals surface area contributed by atoms with Crippen LogP contribution in [-0.2, 0) is 11.8 Å². The molecule has 0 saturated carbocycles. The number of rotatable bonds is 8. The average molecular weight is 415 g/mol. The van der Waals surface area contributed by atoms with Crippen LogP contribution >= 0.6 is 11.8 Å². The number of carbonyl (C=O) groups is 1. The topological polar surface area (TPSA) is 69.0 Å². The van der Waals surface area contributed by atoms with Crippen molar-refractivity contribution in [1.82, 2.24) is 20.1 Å². The van der Waals surface area contributed by atoms with Gasteiger partial charge in [0.2, 0.25) is 5.91 Å². The van der Waals surface area contributed by atoms with Gasteiger partial charge in [0.25, 0.3) is 0 Å². The Bertz CT molecular complexity index is 947. The van der Waals surface area contributed by atoms with Crippen LogP contribution in [0.5, 0.6) is 5.75 Å². The molecule has 2 aromatic carbocycles. The lowest BCUT2D eigenvalue weighted by atomic mass is 10.1. The molecular weight excluding hydrogens is 391 g/mol. The number of carbonyl (C=O) groups excluding carboxylic acids is 1. The maximum atomic E-state index is 13.0. The highest BCUT2D eigenvalue weighted by molar-refractivity contribution is 7.99. The van der Waals surface area contributed by atoms with Crippen molar-refractivity contribution in [2.45, 2.75) is 31.1 Å². The molecule has 1 amide bonds. The van der Waals surface area contributed by atoms with Crippen LogP contribution in [0, 0.1) is 5.82 Å². The number of benzene rings is 2. The van der Waals surface area contributed by atoms with E-state index in [9.17, 15) is 9.18 Å². The van der Waals surface area contributed by atoms with Crippen molar-refractivity contribution >= 4 is 17.7 Å². The summed E-state index contributed by atoms with van der Waals surface area (Å²) in [5, 5.41) is 11.9. The lowest BCUT2D eigenvalue weighted by Gasteiger charge is -2.15. The van der Waals surface area contributed by atoms with E-state index in [0.717, 1.165) is 5.56 Å². The maximum Gasteiger partial charge on any atom is 0.230 e. The summed E-state index contributed by atoms with van der Waals surface area (Å²) < 4.78 is 20.6. The second-order valence-electron chi connectivity index (χ2n) is 6.60. The Morgan fingerprint density at radius 3 is 2.52 bits per heavy atom.